The quantitative estimate of drug-likeness (QED) is 0.569. The molecule has 0 radical (unpaired) electrons. The molecule has 0 saturated carbocycles. The van der Waals surface area contributed by atoms with E-state index in [1.54, 1.807) is 0 Å². The van der Waals surface area contributed by atoms with E-state index < -0.39 is 10.0 Å². The molecule has 0 bridgehead atoms. The fourth-order valence-electron chi connectivity index (χ4n) is 1.76. The first-order valence-electron chi connectivity index (χ1n) is 5.73. The molecule has 1 N–H and O–H groups in total. The van der Waals surface area contributed by atoms with Crippen LogP contribution in [0.1, 0.15) is 38.5 Å². The molecule has 90 valence electrons. The molecule has 0 saturated heterocycles. The van der Waals surface area contributed by atoms with E-state index in [2.05, 4.69) is 16.7 Å². The number of nitrogens with one attached hydrogen (secondary N) is 1. The Labute approximate surface area is 98.4 Å². The van der Waals surface area contributed by atoms with E-state index in [0.717, 1.165) is 19.3 Å². The van der Waals surface area contributed by atoms with Crippen molar-refractivity contribution in [2.45, 2.75) is 38.5 Å². The van der Waals surface area contributed by atoms with E-state index in [1.165, 1.54) is 18.4 Å². The number of allylic oxidation sites excluding steroid dienone is 1. The highest BCUT2D eigenvalue weighted by Crippen LogP contribution is 2.19. The highest BCUT2D eigenvalue weighted by atomic mass is 32.2. The van der Waals surface area contributed by atoms with Crippen molar-refractivity contribution < 1.29 is 8.42 Å². The highest BCUT2D eigenvalue weighted by molar-refractivity contribution is 7.89. The van der Waals surface area contributed by atoms with Crippen molar-refractivity contribution in [3.63, 3.8) is 0 Å². The number of hydrogen-bond donors (Lipinski definition) is 1. The molecule has 4 heteroatoms. The average molecular weight is 241 g/mol. The van der Waals surface area contributed by atoms with Crippen molar-refractivity contribution in [3.8, 4) is 12.3 Å². The standard InChI is InChI=1S/C12H19NO2S/c1-2-3-11-16(14,15)13-10-9-12-7-5-4-6-8-12/h1,7,13H,3-6,8-11H2. The van der Waals surface area contributed by atoms with Gasteiger partial charge in [0, 0.05) is 13.0 Å². The van der Waals surface area contributed by atoms with Gasteiger partial charge in [0.25, 0.3) is 0 Å². The SMILES string of the molecule is C#CCCS(=O)(=O)NCCC1=CCCCC1. The lowest BCUT2D eigenvalue weighted by Crippen LogP contribution is -2.27. The Bertz CT molecular complexity index is 376. The van der Waals surface area contributed by atoms with Gasteiger partial charge in [0.05, 0.1) is 5.75 Å². The summed E-state index contributed by atoms with van der Waals surface area (Å²) in [5.41, 5.74) is 1.38. The van der Waals surface area contributed by atoms with Crippen molar-refractivity contribution in [2.24, 2.45) is 0 Å². The van der Waals surface area contributed by atoms with Crippen LogP contribution in [0.25, 0.3) is 0 Å². The summed E-state index contributed by atoms with van der Waals surface area (Å²) >= 11 is 0. The maximum absolute atomic E-state index is 11.4. The first-order chi connectivity index (χ1) is 7.64. The first-order valence-corrected chi connectivity index (χ1v) is 7.38. The zero-order chi connectivity index (χ0) is 11.9. The Balaban J connectivity index is 2.24. The summed E-state index contributed by atoms with van der Waals surface area (Å²) in [6.07, 6.45) is 13.1. The molecule has 16 heavy (non-hydrogen) atoms. The molecule has 0 heterocycles. The van der Waals surface area contributed by atoms with Crippen LogP contribution in [0, 0.1) is 12.3 Å². The Hall–Kier alpha value is -0.790. The van der Waals surface area contributed by atoms with Gasteiger partial charge in [-0.2, -0.15) is 0 Å². The summed E-state index contributed by atoms with van der Waals surface area (Å²) in [5, 5.41) is 0. The third-order valence-electron chi connectivity index (χ3n) is 2.67. The molecule has 0 aromatic carbocycles. The van der Waals surface area contributed by atoms with Gasteiger partial charge in [-0.25, -0.2) is 13.1 Å². The van der Waals surface area contributed by atoms with Crippen LogP contribution in [0.2, 0.25) is 0 Å². The Morgan fingerprint density at radius 2 is 2.25 bits per heavy atom. The predicted molar refractivity (Wildman–Crippen MR) is 66.4 cm³/mol. The van der Waals surface area contributed by atoms with Gasteiger partial charge >= 0.3 is 0 Å². The maximum Gasteiger partial charge on any atom is 0.212 e. The molecule has 0 aliphatic heterocycles. The van der Waals surface area contributed by atoms with Crippen molar-refractivity contribution >= 4 is 10.0 Å². The van der Waals surface area contributed by atoms with Crippen LogP contribution in [-0.2, 0) is 10.0 Å². The topological polar surface area (TPSA) is 46.2 Å². The predicted octanol–water partition coefficient (Wildman–Crippen LogP) is 1.82. The fourth-order valence-corrected chi connectivity index (χ4v) is 2.71. The second-order valence-corrected chi connectivity index (χ2v) is 5.95. The molecule has 3 nitrogen and oxygen atoms in total. The van der Waals surface area contributed by atoms with Crippen molar-refractivity contribution in [3.05, 3.63) is 11.6 Å². The Morgan fingerprint density at radius 3 is 2.88 bits per heavy atom. The van der Waals surface area contributed by atoms with E-state index in [-0.39, 0.29) is 12.2 Å². The largest absolute Gasteiger partial charge is 0.215 e. The lowest BCUT2D eigenvalue weighted by atomic mass is 9.97. The molecule has 1 rings (SSSR count). The van der Waals surface area contributed by atoms with Gasteiger partial charge < -0.3 is 0 Å². The van der Waals surface area contributed by atoms with Gasteiger partial charge in [0.1, 0.15) is 0 Å². The minimum atomic E-state index is -3.16. The molecule has 1 aliphatic carbocycles. The number of terminal acetylenes is 1. The summed E-state index contributed by atoms with van der Waals surface area (Å²) < 4.78 is 25.4. The smallest absolute Gasteiger partial charge is 0.212 e. The van der Waals surface area contributed by atoms with Crippen LogP contribution in [0.3, 0.4) is 0 Å². The van der Waals surface area contributed by atoms with Gasteiger partial charge in [0.15, 0.2) is 0 Å². The lowest BCUT2D eigenvalue weighted by Gasteiger charge is -2.12. The van der Waals surface area contributed by atoms with Crippen LogP contribution in [-0.4, -0.2) is 20.7 Å². The van der Waals surface area contributed by atoms with Crippen LogP contribution < -0.4 is 4.72 Å². The van der Waals surface area contributed by atoms with Crippen molar-refractivity contribution in [2.75, 3.05) is 12.3 Å². The van der Waals surface area contributed by atoms with Gasteiger partial charge in [-0.15, -0.1) is 12.3 Å². The normalized spacial score (nSPS) is 16.6. The van der Waals surface area contributed by atoms with E-state index in [1.807, 2.05) is 0 Å². The van der Waals surface area contributed by atoms with Crippen LogP contribution in [0.15, 0.2) is 11.6 Å². The molecule has 0 spiro atoms. The lowest BCUT2D eigenvalue weighted by molar-refractivity contribution is 0.579. The minimum absolute atomic E-state index is 0.0303. The van der Waals surface area contributed by atoms with Crippen molar-refractivity contribution in [1.29, 1.82) is 0 Å². The third-order valence-corrected chi connectivity index (χ3v) is 4.05. The molecule has 0 unspecified atom stereocenters. The van der Waals surface area contributed by atoms with Crippen molar-refractivity contribution in [1.82, 2.24) is 4.72 Å². The zero-order valence-corrected chi connectivity index (χ0v) is 10.4. The van der Waals surface area contributed by atoms with Crippen LogP contribution in [0.5, 0.6) is 0 Å². The van der Waals surface area contributed by atoms with E-state index in [9.17, 15) is 8.42 Å². The molecule has 0 aromatic rings. The zero-order valence-electron chi connectivity index (χ0n) is 9.54. The second kappa shape index (κ2) is 6.72. The van der Waals surface area contributed by atoms with Gasteiger partial charge in [0.2, 0.25) is 10.0 Å². The summed E-state index contributed by atoms with van der Waals surface area (Å²) in [7, 11) is -3.16. The third kappa shape index (κ3) is 5.34. The Kier molecular flexibility index (Phi) is 5.58. The first kappa shape index (κ1) is 13.3. The fraction of sp³-hybridized carbons (Fsp3) is 0.667. The second-order valence-electron chi connectivity index (χ2n) is 4.03. The van der Waals surface area contributed by atoms with Crippen LogP contribution >= 0.6 is 0 Å². The minimum Gasteiger partial charge on any atom is -0.215 e. The Morgan fingerprint density at radius 1 is 1.44 bits per heavy atom. The van der Waals surface area contributed by atoms with Gasteiger partial charge in [-0.05, 0) is 32.1 Å². The number of sulfonamides is 1. The summed E-state index contributed by atoms with van der Waals surface area (Å²) in [5.74, 6) is 2.36. The van der Waals surface area contributed by atoms with Crippen LogP contribution in [0.4, 0.5) is 0 Å². The molecule has 0 atom stereocenters. The molecular weight excluding hydrogens is 222 g/mol. The summed E-state index contributed by atoms with van der Waals surface area (Å²) in [6, 6.07) is 0. The number of hydrogen-bond acceptors (Lipinski definition) is 2. The van der Waals surface area contributed by atoms with E-state index in [4.69, 9.17) is 6.42 Å². The molecule has 0 amide bonds. The molecule has 1 aliphatic rings. The average Bonchev–Trinajstić information content (AvgIpc) is 2.28. The van der Waals surface area contributed by atoms with E-state index in [0.29, 0.717) is 6.54 Å². The molecular formula is C12H19NO2S. The molecule has 0 fully saturated rings. The summed E-state index contributed by atoms with van der Waals surface area (Å²) in [4.78, 5) is 0. The monoisotopic (exact) mass is 241 g/mol. The maximum atomic E-state index is 11.4. The van der Waals surface area contributed by atoms with Gasteiger partial charge in [-0.3, -0.25) is 0 Å². The number of rotatable bonds is 6. The van der Waals surface area contributed by atoms with E-state index >= 15 is 0 Å². The van der Waals surface area contributed by atoms with Gasteiger partial charge in [-0.1, -0.05) is 11.6 Å². The summed E-state index contributed by atoms with van der Waals surface area (Å²) in [6.45, 7) is 0.499. The molecule has 0 aromatic heterocycles. The highest BCUT2D eigenvalue weighted by Gasteiger charge is 2.09.